The molecular weight excluding hydrogens is 376 g/mol. The maximum atomic E-state index is 11.9. The largest absolute Gasteiger partial charge is 0.489 e. The number of ether oxygens (including phenoxy) is 2. The Morgan fingerprint density at radius 1 is 1.31 bits per heavy atom. The van der Waals surface area contributed by atoms with Crippen LogP contribution < -0.4 is 4.74 Å². The fourth-order valence-corrected chi connectivity index (χ4v) is 3.62. The minimum absolute atomic E-state index is 0.0162. The quantitative estimate of drug-likeness (QED) is 0.703. The van der Waals surface area contributed by atoms with Crippen molar-refractivity contribution in [2.45, 2.75) is 58.7 Å². The number of carbonyl (C=O) groups excluding carboxylic acids is 1. The topological polar surface area (TPSA) is 116 Å². The summed E-state index contributed by atoms with van der Waals surface area (Å²) in [5.41, 5.74) is 1.28. The second kappa shape index (κ2) is 8.59. The van der Waals surface area contributed by atoms with Crippen molar-refractivity contribution >= 4 is 11.9 Å². The third-order valence-electron chi connectivity index (χ3n) is 4.92. The Labute approximate surface area is 169 Å². The Morgan fingerprint density at radius 2 is 2.07 bits per heavy atom. The summed E-state index contributed by atoms with van der Waals surface area (Å²) in [6.07, 6.45) is 2.92. The molecule has 0 aliphatic heterocycles. The number of aromatic nitrogens is 4. The van der Waals surface area contributed by atoms with Crippen LogP contribution in [0.4, 0.5) is 0 Å². The number of hydrogen-bond donors (Lipinski definition) is 1. The first kappa shape index (κ1) is 20.8. The molecule has 0 bridgehead atoms. The van der Waals surface area contributed by atoms with Crippen LogP contribution in [-0.2, 0) is 16.6 Å². The predicted molar refractivity (Wildman–Crippen MR) is 104 cm³/mol. The van der Waals surface area contributed by atoms with E-state index in [9.17, 15) is 14.7 Å². The standard InChI is InChI=1S/C20H26N4O5/c1-11(2)28-17(25)10-13-5-6-14(9-13)29-16-8-7-15(21-12(16)3)18-19(20(26)27)24(4)23-22-18/h7-8,11,13-14H,5-6,9-10H2,1-4H3,(H,26,27)/t13-,14-/m0/s1. The van der Waals surface area contributed by atoms with E-state index in [0.29, 0.717) is 23.6 Å². The molecule has 0 saturated heterocycles. The van der Waals surface area contributed by atoms with Crippen LogP contribution in [0, 0.1) is 12.8 Å². The van der Waals surface area contributed by atoms with Crippen LogP contribution in [0.15, 0.2) is 12.1 Å². The lowest BCUT2D eigenvalue weighted by molar-refractivity contribution is -0.148. The maximum Gasteiger partial charge on any atom is 0.356 e. The zero-order valence-corrected chi connectivity index (χ0v) is 17.1. The monoisotopic (exact) mass is 402 g/mol. The summed E-state index contributed by atoms with van der Waals surface area (Å²) in [5.74, 6) is -0.368. The highest BCUT2D eigenvalue weighted by molar-refractivity contribution is 5.92. The average Bonchev–Trinajstić information content (AvgIpc) is 3.22. The maximum absolute atomic E-state index is 11.9. The summed E-state index contributed by atoms with van der Waals surface area (Å²) < 4.78 is 12.5. The summed E-state index contributed by atoms with van der Waals surface area (Å²) in [6.45, 7) is 5.50. The summed E-state index contributed by atoms with van der Waals surface area (Å²) in [5, 5.41) is 17.1. The fourth-order valence-electron chi connectivity index (χ4n) is 3.62. The molecule has 1 saturated carbocycles. The highest BCUT2D eigenvalue weighted by Gasteiger charge is 2.29. The van der Waals surface area contributed by atoms with Crippen LogP contribution in [0.5, 0.6) is 5.75 Å². The molecule has 9 heteroatoms. The number of carboxylic acid groups (broad SMARTS) is 1. The van der Waals surface area contributed by atoms with Crippen LogP contribution in [0.25, 0.3) is 11.4 Å². The number of carbonyl (C=O) groups is 2. The molecule has 0 amide bonds. The Kier molecular flexibility index (Phi) is 6.14. The van der Waals surface area contributed by atoms with Gasteiger partial charge >= 0.3 is 11.9 Å². The molecule has 2 aromatic heterocycles. The van der Waals surface area contributed by atoms with Gasteiger partial charge in [-0.25, -0.2) is 14.5 Å². The van der Waals surface area contributed by atoms with E-state index in [2.05, 4.69) is 15.3 Å². The van der Waals surface area contributed by atoms with Crippen LogP contribution in [0.1, 0.15) is 55.7 Å². The third kappa shape index (κ3) is 4.90. The molecule has 0 aromatic carbocycles. The van der Waals surface area contributed by atoms with Crippen molar-refractivity contribution in [3.8, 4) is 17.1 Å². The number of esters is 1. The fraction of sp³-hybridized carbons (Fsp3) is 0.550. The van der Waals surface area contributed by atoms with Crippen LogP contribution in [0.3, 0.4) is 0 Å². The minimum Gasteiger partial charge on any atom is -0.489 e. The van der Waals surface area contributed by atoms with Gasteiger partial charge in [-0.2, -0.15) is 0 Å². The van der Waals surface area contributed by atoms with Crippen molar-refractivity contribution in [2.75, 3.05) is 0 Å². The van der Waals surface area contributed by atoms with E-state index in [0.717, 1.165) is 19.3 Å². The zero-order valence-electron chi connectivity index (χ0n) is 17.1. The molecule has 3 rings (SSSR count). The lowest BCUT2D eigenvalue weighted by Gasteiger charge is -2.16. The molecule has 0 radical (unpaired) electrons. The second-order valence-corrected chi connectivity index (χ2v) is 7.66. The molecule has 9 nitrogen and oxygen atoms in total. The molecule has 1 aliphatic rings. The van der Waals surface area contributed by atoms with Crippen molar-refractivity contribution < 1.29 is 24.2 Å². The van der Waals surface area contributed by atoms with Crippen molar-refractivity contribution in [3.63, 3.8) is 0 Å². The van der Waals surface area contributed by atoms with Gasteiger partial charge in [0.25, 0.3) is 0 Å². The van der Waals surface area contributed by atoms with Crippen molar-refractivity contribution in [1.82, 2.24) is 20.0 Å². The summed E-state index contributed by atoms with van der Waals surface area (Å²) in [7, 11) is 1.53. The molecule has 0 unspecified atom stereocenters. The molecule has 2 heterocycles. The molecular formula is C20H26N4O5. The summed E-state index contributed by atoms with van der Waals surface area (Å²) in [6, 6.07) is 3.46. The van der Waals surface area contributed by atoms with E-state index in [-0.39, 0.29) is 35.5 Å². The van der Waals surface area contributed by atoms with Crippen LogP contribution in [0.2, 0.25) is 0 Å². The first-order valence-electron chi connectivity index (χ1n) is 9.71. The molecule has 1 fully saturated rings. The first-order valence-corrected chi connectivity index (χ1v) is 9.71. The van der Waals surface area contributed by atoms with Gasteiger partial charge < -0.3 is 14.6 Å². The van der Waals surface area contributed by atoms with Gasteiger partial charge in [-0.3, -0.25) is 4.79 Å². The summed E-state index contributed by atoms with van der Waals surface area (Å²) in [4.78, 5) is 27.8. The Morgan fingerprint density at radius 3 is 2.72 bits per heavy atom. The van der Waals surface area contributed by atoms with Crippen molar-refractivity contribution in [1.29, 1.82) is 0 Å². The third-order valence-corrected chi connectivity index (χ3v) is 4.92. The van der Waals surface area contributed by atoms with E-state index in [4.69, 9.17) is 9.47 Å². The second-order valence-electron chi connectivity index (χ2n) is 7.66. The van der Waals surface area contributed by atoms with Gasteiger partial charge in [0.05, 0.1) is 23.6 Å². The first-order chi connectivity index (χ1) is 13.7. The van der Waals surface area contributed by atoms with Crippen LogP contribution >= 0.6 is 0 Å². The number of nitrogens with zero attached hydrogens (tertiary/aromatic N) is 4. The highest BCUT2D eigenvalue weighted by Crippen LogP contribution is 2.33. The van der Waals surface area contributed by atoms with E-state index in [1.165, 1.54) is 11.7 Å². The zero-order chi connectivity index (χ0) is 21.1. The number of rotatable bonds is 7. The van der Waals surface area contributed by atoms with Crippen molar-refractivity contribution in [2.24, 2.45) is 13.0 Å². The lowest BCUT2D eigenvalue weighted by atomic mass is 10.0. The van der Waals surface area contributed by atoms with E-state index in [1.807, 2.05) is 20.8 Å². The number of carboxylic acids is 1. The molecule has 156 valence electrons. The molecule has 1 N–H and O–H groups in total. The lowest BCUT2D eigenvalue weighted by Crippen LogP contribution is -2.16. The van der Waals surface area contributed by atoms with E-state index < -0.39 is 5.97 Å². The average molecular weight is 402 g/mol. The minimum atomic E-state index is -1.11. The molecule has 0 spiro atoms. The highest BCUT2D eigenvalue weighted by atomic mass is 16.5. The Balaban J connectivity index is 1.65. The number of aromatic carboxylic acids is 1. The van der Waals surface area contributed by atoms with Gasteiger partial charge in [-0.15, -0.1) is 5.10 Å². The molecule has 29 heavy (non-hydrogen) atoms. The molecule has 2 aromatic rings. The van der Waals surface area contributed by atoms with E-state index >= 15 is 0 Å². The van der Waals surface area contributed by atoms with Gasteiger partial charge in [0.15, 0.2) is 5.69 Å². The van der Waals surface area contributed by atoms with E-state index in [1.54, 1.807) is 12.1 Å². The van der Waals surface area contributed by atoms with Gasteiger partial charge in [-0.05, 0) is 58.1 Å². The molecule has 1 aliphatic carbocycles. The predicted octanol–water partition coefficient (Wildman–Crippen LogP) is 2.77. The summed E-state index contributed by atoms with van der Waals surface area (Å²) >= 11 is 0. The van der Waals surface area contributed by atoms with Gasteiger partial charge in [0.2, 0.25) is 0 Å². The molecule has 2 atom stereocenters. The van der Waals surface area contributed by atoms with Crippen molar-refractivity contribution in [3.05, 3.63) is 23.5 Å². The number of pyridine rings is 1. The van der Waals surface area contributed by atoms with Gasteiger partial charge in [0, 0.05) is 13.5 Å². The SMILES string of the molecule is Cc1nc(-c2nnn(C)c2C(=O)O)ccc1O[C@H]1CC[C@H](CC(=O)OC(C)C)C1. The van der Waals surface area contributed by atoms with Crippen LogP contribution in [-0.4, -0.2) is 49.2 Å². The Bertz CT molecular complexity index is 908. The van der Waals surface area contributed by atoms with Gasteiger partial charge in [-0.1, -0.05) is 5.21 Å². The number of aryl methyl sites for hydroxylation is 2. The Hall–Kier alpha value is -2.97. The van der Waals surface area contributed by atoms with Gasteiger partial charge in [0.1, 0.15) is 11.4 Å². The number of hydrogen-bond acceptors (Lipinski definition) is 7. The smallest absolute Gasteiger partial charge is 0.356 e. The normalized spacial score (nSPS) is 18.8.